The van der Waals surface area contributed by atoms with Crippen LogP contribution in [0.2, 0.25) is 0 Å². The molecule has 0 aliphatic heterocycles. The van der Waals surface area contributed by atoms with Gasteiger partial charge in [0, 0.05) is 18.1 Å². The SMILES string of the molecule is CC(C)C(C)n1c(=O)n(CC(C)(C)C)c(=O)n(C(C)(C)CC(C)(C)C)c1=O. The lowest BCUT2D eigenvalue weighted by Gasteiger charge is -2.35. The molecular weight excluding hydrogens is 342 g/mol. The maximum absolute atomic E-state index is 13.3. The van der Waals surface area contributed by atoms with Gasteiger partial charge < -0.3 is 0 Å². The molecule has 1 unspecified atom stereocenters. The highest BCUT2D eigenvalue weighted by Crippen LogP contribution is 2.30. The monoisotopic (exact) mass is 381 g/mol. The van der Waals surface area contributed by atoms with Crippen LogP contribution in [0.3, 0.4) is 0 Å². The van der Waals surface area contributed by atoms with Crippen molar-refractivity contribution >= 4 is 0 Å². The molecule has 0 aliphatic carbocycles. The molecule has 1 atom stereocenters. The maximum atomic E-state index is 13.3. The molecule has 6 nitrogen and oxygen atoms in total. The first-order valence-corrected chi connectivity index (χ1v) is 9.88. The second-order valence-corrected chi connectivity index (χ2v) is 11.2. The summed E-state index contributed by atoms with van der Waals surface area (Å²) in [6, 6.07) is -0.298. The van der Waals surface area contributed by atoms with Gasteiger partial charge >= 0.3 is 17.1 Å². The smallest absolute Gasteiger partial charge is 0.247 e. The Kier molecular flexibility index (Phi) is 6.46. The van der Waals surface area contributed by atoms with Crippen LogP contribution in [0.15, 0.2) is 14.4 Å². The van der Waals surface area contributed by atoms with Crippen molar-refractivity contribution in [1.82, 2.24) is 13.7 Å². The molecule has 0 bridgehead atoms. The fraction of sp³-hybridized carbons (Fsp3) is 0.857. The Morgan fingerprint density at radius 1 is 0.741 bits per heavy atom. The number of aromatic nitrogens is 3. The third-order valence-corrected chi connectivity index (χ3v) is 4.83. The van der Waals surface area contributed by atoms with Crippen LogP contribution < -0.4 is 17.1 Å². The highest BCUT2D eigenvalue weighted by Gasteiger charge is 2.33. The molecule has 1 aromatic heterocycles. The van der Waals surface area contributed by atoms with Gasteiger partial charge in [0.15, 0.2) is 0 Å². The first-order chi connectivity index (χ1) is 11.9. The molecule has 1 rings (SSSR count). The van der Waals surface area contributed by atoms with E-state index in [9.17, 15) is 14.4 Å². The second kappa shape index (κ2) is 7.44. The molecular formula is C21H39N3O3. The van der Waals surface area contributed by atoms with E-state index in [-0.39, 0.29) is 29.3 Å². The van der Waals surface area contributed by atoms with Crippen molar-refractivity contribution in [2.75, 3.05) is 0 Å². The minimum Gasteiger partial charge on any atom is -0.247 e. The van der Waals surface area contributed by atoms with E-state index in [0.29, 0.717) is 6.42 Å². The van der Waals surface area contributed by atoms with Crippen LogP contribution in [0.4, 0.5) is 0 Å². The van der Waals surface area contributed by atoms with Crippen molar-refractivity contribution < 1.29 is 0 Å². The van der Waals surface area contributed by atoms with E-state index >= 15 is 0 Å². The van der Waals surface area contributed by atoms with Gasteiger partial charge in [0.1, 0.15) is 0 Å². The third-order valence-electron chi connectivity index (χ3n) is 4.83. The van der Waals surface area contributed by atoms with Crippen LogP contribution in [-0.2, 0) is 12.1 Å². The standard InChI is InChI=1S/C21H39N3O3/c1-14(2)15(3)23-16(25)22(13-20(7,8)9)17(26)24(18(23)27)21(10,11)12-19(4,5)6/h14-15H,12-13H2,1-11H3. The molecule has 0 saturated heterocycles. The molecule has 0 fully saturated rings. The summed E-state index contributed by atoms with van der Waals surface area (Å²) in [6.45, 7) is 22.1. The first kappa shape index (κ1) is 23.4. The summed E-state index contributed by atoms with van der Waals surface area (Å²) in [6.07, 6.45) is 0.638. The van der Waals surface area contributed by atoms with E-state index in [1.165, 1.54) is 13.7 Å². The van der Waals surface area contributed by atoms with Crippen LogP contribution in [0.1, 0.15) is 88.6 Å². The van der Waals surface area contributed by atoms with Crippen LogP contribution >= 0.6 is 0 Å². The Bertz CT molecular complexity index is 840. The van der Waals surface area contributed by atoms with E-state index in [0.717, 1.165) is 0 Å². The summed E-state index contributed by atoms with van der Waals surface area (Å²) in [5.41, 5.74) is -2.58. The Hall–Kier alpha value is -1.59. The van der Waals surface area contributed by atoms with Gasteiger partial charge in [-0.25, -0.2) is 28.1 Å². The molecule has 0 spiro atoms. The molecule has 0 radical (unpaired) electrons. The molecule has 0 saturated carbocycles. The van der Waals surface area contributed by atoms with Gasteiger partial charge in [-0.15, -0.1) is 0 Å². The van der Waals surface area contributed by atoms with Crippen molar-refractivity contribution in [2.45, 2.75) is 101 Å². The van der Waals surface area contributed by atoms with Gasteiger partial charge in [-0.05, 0) is 43.9 Å². The molecule has 0 amide bonds. The van der Waals surface area contributed by atoms with E-state index in [4.69, 9.17) is 0 Å². The molecule has 6 heteroatoms. The van der Waals surface area contributed by atoms with Crippen molar-refractivity contribution in [3.05, 3.63) is 31.5 Å². The summed E-state index contributed by atoms with van der Waals surface area (Å²) in [5, 5.41) is 0. The predicted molar refractivity (Wildman–Crippen MR) is 112 cm³/mol. The highest BCUT2D eigenvalue weighted by atomic mass is 16.2. The maximum Gasteiger partial charge on any atom is 0.337 e. The number of hydrogen-bond acceptors (Lipinski definition) is 3. The van der Waals surface area contributed by atoms with E-state index < -0.39 is 22.6 Å². The van der Waals surface area contributed by atoms with Crippen molar-refractivity contribution in [3.63, 3.8) is 0 Å². The van der Waals surface area contributed by atoms with Crippen LogP contribution in [-0.4, -0.2) is 13.7 Å². The van der Waals surface area contributed by atoms with E-state index in [2.05, 4.69) is 20.8 Å². The Morgan fingerprint density at radius 3 is 1.59 bits per heavy atom. The molecule has 1 heterocycles. The average Bonchev–Trinajstić information content (AvgIpc) is 2.39. The van der Waals surface area contributed by atoms with Gasteiger partial charge in [0.05, 0.1) is 0 Å². The quantitative estimate of drug-likeness (QED) is 0.782. The summed E-state index contributed by atoms with van der Waals surface area (Å²) < 4.78 is 3.80. The Morgan fingerprint density at radius 2 is 1.22 bits per heavy atom. The molecule has 0 aliphatic rings. The van der Waals surface area contributed by atoms with Crippen LogP contribution in [0.25, 0.3) is 0 Å². The third kappa shape index (κ3) is 5.45. The molecule has 0 aromatic carbocycles. The van der Waals surface area contributed by atoms with Crippen LogP contribution in [0, 0.1) is 16.7 Å². The Labute approximate surface area is 163 Å². The first-order valence-electron chi connectivity index (χ1n) is 9.88. The highest BCUT2D eigenvalue weighted by molar-refractivity contribution is 4.92. The Balaban J connectivity index is 3.96. The van der Waals surface area contributed by atoms with Crippen LogP contribution in [0.5, 0.6) is 0 Å². The molecule has 27 heavy (non-hydrogen) atoms. The van der Waals surface area contributed by atoms with E-state index in [1.54, 1.807) is 0 Å². The summed E-state index contributed by atoms with van der Waals surface area (Å²) >= 11 is 0. The normalized spacial score (nSPS) is 14.7. The minimum atomic E-state index is -0.710. The molecule has 156 valence electrons. The molecule has 1 aromatic rings. The largest absolute Gasteiger partial charge is 0.337 e. The lowest BCUT2D eigenvalue weighted by atomic mass is 9.81. The average molecular weight is 382 g/mol. The summed E-state index contributed by atoms with van der Waals surface area (Å²) in [7, 11) is 0. The van der Waals surface area contributed by atoms with Gasteiger partial charge in [0.25, 0.3) is 0 Å². The zero-order valence-corrected chi connectivity index (χ0v) is 19.1. The van der Waals surface area contributed by atoms with Gasteiger partial charge in [-0.1, -0.05) is 55.4 Å². The van der Waals surface area contributed by atoms with Gasteiger partial charge in [-0.2, -0.15) is 0 Å². The fourth-order valence-corrected chi connectivity index (χ4v) is 3.75. The molecule has 0 N–H and O–H groups in total. The minimum absolute atomic E-state index is 0.0745. The van der Waals surface area contributed by atoms with Crippen molar-refractivity contribution in [3.8, 4) is 0 Å². The fourth-order valence-electron chi connectivity index (χ4n) is 3.75. The van der Waals surface area contributed by atoms with Gasteiger partial charge in [-0.3, -0.25) is 0 Å². The number of rotatable bonds is 5. The van der Waals surface area contributed by atoms with Gasteiger partial charge in [0.2, 0.25) is 0 Å². The number of hydrogen-bond donors (Lipinski definition) is 0. The predicted octanol–water partition coefficient (Wildman–Crippen LogP) is 3.61. The lowest BCUT2D eigenvalue weighted by Crippen LogP contribution is -2.60. The van der Waals surface area contributed by atoms with Crippen molar-refractivity contribution in [2.24, 2.45) is 16.7 Å². The van der Waals surface area contributed by atoms with Crippen molar-refractivity contribution in [1.29, 1.82) is 0 Å². The number of nitrogens with zero attached hydrogens (tertiary/aromatic N) is 3. The second-order valence-electron chi connectivity index (χ2n) is 11.2. The topological polar surface area (TPSA) is 66.0 Å². The zero-order valence-electron chi connectivity index (χ0n) is 19.1. The lowest BCUT2D eigenvalue weighted by molar-refractivity contribution is 0.181. The zero-order chi connectivity index (χ0) is 21.5. The van der Waals surface area contributed by atoms with E-state index in [1.807, 2.05) is 55.4 Å². The summed E-state index contributed by atoms with van der Waals surface area (Å²) in [4.78, 5) is 39.7. The summed E-state index contributed by atoms with van der Waals surface area (Å²) in [5.74, 6) is 0.0927.